The van der Waals surface area contributed by atoms with E-state index in [1.807, 2.05) is 0 Å². The van der Waals surface area contributed by atoms with Crippen molar-refractivity contribution in [3.63, 3.8) is 0 Å². The minimum Gasteiger partial charge on any atom is -0.269 e. The summed E-state index contributed by atoms with van der Waals surface area (Å²) in [5, 5.41) is 10.7. The second-order valence-electron chi connectivity index (χ2n) is 4.15. The number of nitro benzene ring substituents is 1. The Morgan fingerprint density at radius 3 is 2.72 bits per heavy atom. The Morgan fingerprint density at radius 2 is 2.22 bits per heavy atom. The van der Waals surface area contributed by atoms with E-state index < -0.39 is 14.9 Å². The summed E-state index contributed by atoms with van der Waals surface area (Å²) in [4.78, 5) is 10.2. The van der Waals surface area contributed by atoms with Crippen LogP contribution in [-0.4, -0.2) is 32.0 Å². The molecule has 0 amide bonds. The fraction of sp³-hybridized carbons (Fsp3) is 0.400. The Balaban J connectivity index is 2.58. The van der Waals surface area contributed by atoms with Crippen molar-refractivity contribution < 1.29 is 13.3 Å². The highest BCUT2D eigenvalue weighted by Crippen LogP contribution is 2.40. The number of sulfonamides is 1. The average Bonchev–Trinajstić information content (AvgIpc) is 2.66. The topological polar surface area (TPSA) is 80.5 Å². The minimum atomic E-state index is -3.45. The number of rotatable bonds is 3. The summed E-state index contributed by atoms with van der Waals surface area (Å²) in [5.41, 5.74) is 0.969. The third-order valence-corrected chi connectivity index (χ3v) is 4.43. The van der Waals surface area contributed by atoms with Gasteiger partial charge in [-0.15, -0.1) is 11.6 Å². The van der Waals surface area contributed by atoms with Crippen LogP contribution in [0.25, 0.3) is 0 Å². The molecule has 1 heterocycles. The summed E-state index contributed by atoms with van der Waals surface area (Å²) < 4.78 is 24.5. The highest BCUT2D eigenvalue weighted by Gasteiger charge is 2.34. The van der Waals surface area contributed by atoms with Gasteiger partial charge in [0.25, 0.3) is 5.69 Å². The number of non-ortho nitro benzene ring substituents is 1. The molecule has 0 spiro atoms. The van der Waals surface area contributed by atoms with Crippen LogP contribution in [0.15, 0.2) is 18.2 Å². The normalized spacial score (nSPS) is 18.8. The van der Waals surface area contributed by atoms with E-state index in [2.05, 4.69) is 0 Å². The largest absolute Gasteiger partial charge is 0.271 e. The molecule has 2 rings (SSSR count). The van der Waals surface area contributed by atoms with Crippen LogP contribution in [-0.2, 0) is 10.0 Å². The molecule has 0 unspecified atom stereocenters. The van der Waals surface area contributed by atoms with E-state index in [1.54, 1.807) is 6.07 Å². The van der Waals surface area contributed by atoms with Gasteiger partial charge in [-0.3, -0.25) is 14.4 Å². The lowest BCUT2D eigenvalue weighted by Gasteiger charge is -2.16. The molecule has 0 saturated carbocycles. The van der Waals surface area contributed by atoms with Crippen molar-refractivity contribution in [3.8, 4) is 0 Å². The summed E-state index contributed by atoms with van der Waals surface area (Å²) in [7, 11) is -3.45. The van der Waals surface area contributed by atoms with E-state index in [1.165, 1.54) is 16.4 Å². The van der Waals surface area contributed by atoms with Gasteiger partial charge in [-0.05, 0) is 11.6 Å². The van der Waals surface area contributed by atoms with E-state index in [4.69, 9.17) is 11.6 Å². The Bertz CT molecular complexity index is 602. The molecular weight excluding hydrogens is 280 g/mol. The molecule has 1 aromatic rings. The Labute approximate surface area is 109 Å². The first kappa shape index (κ1) is 13.1. The second-order valence-corrected chi connectivity index (χ2v) is 6.36. The molecular formula is C10H11ClN2O4S. The van der Waals surface area contributed by atoms with Crippen LogP contribution in [0.4, 0.5) is 11.4 Å². The summed E-state index contributed by atoms with van der Waals surface area (Å²) in [6, 6.07) is 4.22. The van der Waals surface area contributed by atoms with Gasteiger partial charge in [0.2, 0.25) is 10.0 Å². The summed E-state index contributed by atoms with van der Waals surface area (Å²) >= 11 is 5.80. The first-order valence-corrected chi connectivity index (χ1v) is 7.55. The molecule has 6 nitrogen and oxygen atoms in total. The van der Waals surface area contributed by atoms with Crippen LogP contribution in [0, 0.1) is 10.1 Å². The molecule has 18 heavy (non-hydrogen) atoms. The smallest absolute Gasteiger partial charge is 0.269 e. The van der Waals surface area contributed by atoms with Gasteiger partial charge in [-0.25, -0.2) is 8.42 Å². The predicted octanol–water partition coefficient (Wildman–Crippen LogP) is 1.70. The van der Waals surface area contributed by atoms with Gasteiger partial charge in [-0.2, -0.15) is 0 Å². The van der Waals surface area contributed by atoms with Crippen LogP contribution in [0.3, 0.4) is 0 Å². The lowest BCUT2D eigenvalue weighted by atomic mass is 10.0. The van der Waals surface area contributed by atoms with Gasteiger partial charge < -0.3 is 0 Å². The number of nitro groups is 1. The van der Waals surface area contributed by atoms with Gasteiger partial charge >= 0.3 is 0 Å². The van der Waals surface area contributed by atoms with Crippen LogP contribution in [0.1, 0.15) is 11.5 Å². The van der Waals surface area contributed by atoms with Crippen molar-refractivity contribution in [2.24, 2.45) is 0 Å². The Morgan fingerprint density at radius 1 is 1.56 bits per heavy atom. The molecule has 0 saturated heterocycles. The van der Waals surface area contributed by atoms with E-state index in [0.717, 1.165) is 11.8 Å². The number of benzene rings is 1. The van der Waals surface area contributed by atoms with Gasteiger partial charge in [-0.1, -0.05) is 0 Å². The van der Waals surface area contributed by atoms with Crippen molar-refractivity contribution >= 4 is 33.0 Å². The SMILES string of the molecule is CS(=O)(=O)N1C[C@H](CCl)c2ccc([N+](=O)[O-])cc21. The summed E-state index contributed by atoms with van der Waals surface area (Å²) in [5.74, 6) is 0.147. The number of hydrogen-bond donors (Lipinski definition) is 0. The van der Waals surface area contributed by atoms with Crippen molar-refractivity contribution in [3.05, 3.63) is 33.9 Å². The van der Waals surface area contributed by atoms with Gasteiger partial charge in [0.15, 0.2) is 0 Å². The Hall–Kier alpha value is -1.34. The van der Waals surface area contributed by atoms with Gasteiger partial charge in [0.1, 0.15) is 0 Å². The maximum atomic E-state index is 11.7. The minimum absolute atomic E-state index is 0.127. The molecule has 1 aliphatic heterocycles. The summed E-state index contributed by atoms with van der Waals surface area (Å²) in [6.45, 7) is 0.235. The monoisotopic (exact) mass is 290 g/mol. The van der Waals surface area contributed by atoms with Gasteiger partial charge in [0.05, 0.1) is 16.9 Å². The van der Waals surface area contributed by atoms with E-state index in [9.17, 15) is 18.5 Å². The molecule has 0 fully saturated rings. The molecule has 0 bridgehead atoms. The van der Waals surface area contributed by atoms with E-state index in [0.29, 0.717) is 5.69 Å². The van der Waals surface area contributed by atoms with Crippen molar-refractivity contribution in [1.82, 2.24) is 0 Å². The number of halogens is 1. The van der Waals surface area contributed by atoms with Crippen LogP contribution >= 0.6 is 11.6 Å². The van der Waals surface area contributed by atoms with E-state index >= 15 is 0 Å². The fourth-order valence-electron chi connectivity index (χ4n) is 2.05. The summed E-state index contributed by atoms with van der Waals surface area (Å²) in [6.07, 6.45) is 1.08. The quantitative estimate of drug-likeness (QED) is 0.482. The molecule has 8 heteroatoms. The molecule has 98 valence electrons. The highest BCUT2D eigenvalue weighted by molar-refractivity contribution is 7.92. The highest BCUT2D eigenvalue weighted by atomic mass is 35.5. The molecule has 1 aliphatic rings. The van der Waals surface area contributed by atoms with Crippen molar-refractivity contribution in [2.45, 2.75) is 5.92 Å². The van der Waals surface area contributed by atoms with E-state index in [-0.39, 0.29) is 24.0 Å². The predicted molar refractivity (Wildman–Crippen MR) is 68.7 cm³/mol. The van der Waals surface area contributed by atoms with Crippen molar-refractivity contribution in [2.75, 3.05) is 23.0 Å². The molecule has 0 radical (unpaired) electrons. The maximum Gasteiger partial charge on any atom is 0.271 e. The Kier molecular flexibility index (Phi) is 3.20. The lowest BCUT2D eigenvalue weighted by molar-refractivity contribution is -0.384. The van der Waals surface area contributed by atoms with Crippen LogP contribution < -0.4 is 4.31 Å². The lowest BCUT2D eigenvalue weighted by Crippen LogP contribution is -2.28. The standard InChI is InChI=1S/C10H11ClN2O4S/c1-18(16,17)12-6-7(5-11)9-3-2-8(13(14)15)4-10(9)12/h2-4,7H,5-6H2,1H3/t7-/m0/s1. The maximum absolute atomic E-state index is 11.7. The molecule has 1 atom stereocenters. The average molecular weight is 291 g/mol. The second kappa shape index (κ2) is 4.40. The van der Waals surface area contributed by atoms with Crippen molar-refractivity contribution in [1.29, 1.82) is 0 Å². The van der Waals surface area contributed by atoms with Gasteiger partial charge in [0, 0.05) is 30.5 Å². The number of fused-ring (bicyclic) bond motifs is 1. The fourth-order valence-corrected chi connectivity index (χ4v) is 3.28. The first-order valence-electron chi connectivity index (χ1n) is 5.16. The molecule has 1 aromatic carbocycles. The third-order valence-electron chi connectivity index (χ3n) is 2.91. The third kappa shape index (κ3) is 2.15. The number of anilines is 1. The zero-order valence-corrected chi connectivity index (χ0v) is 11.1. The van der Waals surface area contributed by atoms with Crippen LogP contribution in [0.2, 0.25) is 0 Å². The molecule has 0 aromatic heterocycles. The molecule has 0 N–H and O–H groups in total. The zero-order valence-electron chi connectivity index (χ0n) is 9.54. The number of hydrogen-bond acceptors (Lipinski definition) is 4. The van der Waals surface area contributed by atoms with Crippen LogP contribution in [0.5, 0.6) is 0 Å². The first-order chi connectivity index (χ1) is 8.34. The number of nitrogens with zero attached hydrogens (tertiary/aromatic N) is 2. The number of alkyl halides is 1. The zero-order chi connectivity index (χ0) is 13.5. The molecule has 0 aliphatic carbocycles.